The van der Waals surface area contributed by atoms with E-state index in [0.29, 0.717) is 6.54 Å². The van der Waals surface area contributed by atoms with Gasteiger partial charge in [-0.1, -0.05) is 51.1 Å². The first kappa shape index (κ1) is 17.2. The van der Waals surface area contributed by atoms with Crippen LogP contribution < -0.4 is 0 Å². The lowest BCUT2D eigenvalue weighted by Crippen LogP contribution is -2.39. The van der Waals surface area contributed by atoms with Crippen molar-refractivity contribution in [1.82, 2.24) is 4.90 Å². The molecule has 0 aromatic heterocycles. The summed E-state index contributed by atoms with van der Waals surface area (Å²) in [5, 5.41) is 9.09. The van der Waals surface area contributed by atoms with Gasteiger partial charge in [0.25, 0.3) is 0 Å². The second-order valence-corrected chi connectivity index (χ2v) is 5.46. The highest BCUT2D eigenvalue weighted by Crippen LogP contribution is 2.16. The lowest BCUT2D eigenvalue weighted by Gasteiger charge is -2.28. The molecule has 0 saturated carbocycles. The standard InChI is InChI=1S/C17H25NO3/c1-4-15(5-2)16(19)18(11-13(3)17(20)21)12-14-9-7-6-8-10-14/h6-10,13,15H,4-5,11-12H2,1-3H3,(H,20,21). The van der Waals surface area contributed by atoms with Crippen LogP contribution in [0.5, 0.6) is 0 Å². The summed E-state index contributed by atoms with van der Waals surface area (Å²) < 4.78 is 0. The van der Waals surface area contributed by atoms with Gasteiger partial charge in [0.15, 0.2) is 0 Å². The lowest BCUT2D eigenvalue weighted by atomic mass is 10.0. The zero-order valence-corrected chi connectivity index (χ0v) is 13.1. The van der Waals surface area contributed by atoms with Crippen LogP contribution >= 0.6 is 0 Å². The van der Waals surface area contributed by atoms with Crippen LogP contribution in [-0.2, 0) is 16.1 Å². The fourth-order valence-corrected chi connectivity index (χ4v) is 2.34. The normalized spacial score (nSPS) is 12.2. The third kappa shape index (κ3) is 5.21. The largest absolute Gasteiger partial charge is 0.481 e. The number of carboxylic acids is 1. The Labute approximate surface area is 126 Å². The minimum Gasteiger partial charge on any atom is -0.481 e. The van der Waals surface area contributed by atoms with Crippen molar-refractivity contribution in [3.63, 3.8) is 0 Å². The van der Waals surface area contributed by atoms with E-state index in [-0.39, 0.29) is 18.4 Å². The Morgan fingerprint density at radius 3 is 2.19 bits per heavy atom. The predicted octanol–water partition coefficient (Wildman–Crippen LogP) is 3.17. The zero-order valence-electron chi connectivity index (χ0n) is 13.1. The molecule has 0 saturated heterocycles. The average molecular weight is 291 g/mol. The van der Waals surface area contributed by atoms with Crippen molar-refractivity contribution >= 4 is 11.9 Å². The lowest BCUT2D eigenvalue weighted by molar-refractivity contribution is -0.144. The second kappa shape index (κ2) is 8.45. The summed E-state index contributed by atoms with van der Waals surface area (Å²) in [6, 6.07) is 9.69. The Bertz CT molecular complexity index is 454. The Morgan fingerprint density at radius 1 is 1.14 bits per heavy atom. The molecule has 0 aliphatic rings. The number of amides is 1. The van der Waals surface area contributed by atoms with Crippen molar-refractivity contribution in [2.24, 2.45) is 11.8 Å². The smallest absolute Gasteiger partial charge is 0.308 e. The number of hydrogen-bond donors (Lipinski definition) is 1. The van der Waals surface area contributed by atoms with Crippen LogP contribution in [-0.4, -0.2) is 28.4 Å². The quantitative estimate of drug-likeness (QED) is 0.800. The van der Waals surface area contributed by atoms with Gasteiger partial charge >= 0.3 is 5.97 Å². The first-order chi connectivity index (χ1) is 9.99. The molecule has 4 nitrogen and oxygen atoms in total. The summed E-state index contributed by atoms with van der Waals surface area (Å²) in [4.78, 5) is 25.4. The van der Waals surface area contributed by atoms with Crippen LogP contribution in [0, 0.1) is 11.8 Å². The van der Waals surface area contributed by atoms with E-state index >= 15 is 0 Å². The van der Waals surface area contributed by atoms with Crippen LogP contribution in [0.15, 0.2) is 30.3 Å². The zero-order chi connectivity index (χ0) is 15.8. The van der Waals surface area contributed by atoms with Crippen molar-refractivity contribution < 1.29 is 14.7 Å². The molecule has 0 aliphatic heterocycles. The van der Waals surface area contributed by atoms with Gasteiger partial charge in [0.1, 0.15) is 0 Å². The summed E-state index contributed by atoms with van der Waals surface area (Å²) in [5.41, 5.74) is 1.02. The summed E-state index contributed by atoms with van der Waals surface area (Å²) in [6.45, 7) is 6.34. The number of carbonyl (C=O) groups is 2. The van der Waals surface area contributed by atoms with Crippen LogP contribution in [0.4, 0.5) is 0 Å². The fraction of sp³-hybridized carbons (Fsp3) is 0.529. The van der Waals surface area contributed by atoms with E-state index in [0.717, 1.165) is 18.4 Å². The first-order valence-corrected chi connectivity index (χ1v) is 7.55. The molecule has 116 valence electrons. The van der Waals surface area contributed by atoms with Crippen molar-refractivity contribution in [2.45, 2.75) is 40.2 Å². The Morgan fingerprint density at radius 2 is 1.71 bits per heavy atom. The van der Waals surface area contributed by atoms with Gasteiger partial charge in [0.05, 0.1) is 5.92 Å². The number of rotatable bonds is 8. The minimum absolute atomic E-state index is 0.0327. The molecule has 0 aliphatic carbocycles. The van der Waals surface area contributed by atoms with Crippen molar-refractivity contribution in [2.75, 3.05) is 6.54 Å². The summed E-state index contributed by atoms with van der Waals surface area (Å²) in [6.07, 6.45) is 1.56. The SMILES string of the molecule is CCC(CC)C(=O)N(Cc1ccccc1)CC(C)C(=O)O. The van der Waals surface area contributed by atoms with Crippen LogP contribution in [0.3, 0.4) is 0 Å². The van der Waals surface area contributed by atoms with E-state index in [9.17, 15) is 9.59 Å². The number of nitrogens with zero attached hydrogens (tertiary/aromatic N) is 1. The third-order valence-corrected chi connectivity index (χ3v) is 3.78. The number of benzene rings is 1. The molecule has 1 aromatic carbocycles. The number of aliphatic carboxylic acids is 1. The summed E-state index contributed by atoms with van der Waals surface area (Å²) >= 11 is 0. The molecule has 1 amide bonds. The molecule has 0 bridgehead atoms. The molecule has 1 atom stereocenters. The van der Waals surface area contributed by atoms with Crippen LogP contribution in [0.1, 0.15) is 39.2 Å². The van der Waals surface area contributed by atoms with E-state index in [1.165, 1.54) is 0 Å². The Balaban J connectivity index is 2.88. The molecule has 0 fully saturated rings. The molecule has 0 heterocycles. The van der Waals surface area contributed by atoms with Crippen molar-refractivity contribution in [3.8, 4) is 0 Å². The van der Waals surface area contributed by atoms with Gasteiger partial charge in [-0.2, -0.15) is 0 Å². The fourth-order valence-electron chi connectivity index (χ4n) is 2.34. The molecular formula is C17H25NO3. The van der Waals surface area contributed by atoms with Crippen molar-refractivity contribution in [1.29, 1.82) is 0 Å². The Hall–Kier alpha value is -1.84. The molecule has 0 spiro atoms. The number of hydrogen-bond acceptors (Lipinski definition) is 2. The predicted molar refractivity (Wildman–Crippen MR) is 82.7 cm³/mol. The highest BCUT2D eigenvalue weighted by molar-refractivity contribution is 5.79. The van der Waals surface area contributed by atoms with Gasteiger partial charge in [-0.05, 0) is 18.4 Å². The molecule has 1 N–H and O–H groups in total. The summed E-state index contributed by atoms with van der Waals surface area (Å²) in [5.74, 6) is -1.41. The average Bonchev–Trinajstić information content (AvgIpc) is 2.48. The van der Waals surface area contributed by atoms with Gasteiger partial charge in [-0.3, -0.25) is 9.59 Å². The topological polar surface area (TPSA) is 57.6 Å². The maximum atomic E-state index is 12.6. The van der Waals surface area contributed by atoms with E-state index in [4.69, 9.17) is 5.11 Å². The maximum Gasteiger partial charge on any atom is 0.308 e. The number of carbonyl (C=O) groups excluding carboxylic acids is 1. The van der Waals surface area contributed by atoms with Gasteiger partial charge in [0, 0.05) is 19.0 Å². The minimum atomic E-state index is -0.870. The number of carboxylic acid groups (broad SMARTS) is 1. The maximum absolute atomic E-state index is 12.6. The van der Waals surface area contributed by atoms with Gasteiger partial charge in [-0.15, -0.1) is 0 Å². The molecule has 21 heavy (non-hydrogen) atoms. The first-order valence-electron chi connectivity index (χ1n) is 7.55. The summed E-state index contributed by atoms with van der Waals surface area (Å²) in [7, 11) is 0. The third-order valence-electron chi connectivity index (χ3n) is 3.78. The molecule has 0 radical (unpaired) electrons. The van der Waals surface area contributed by atoms with Crippen LogP contribution in [0.2, 0.25) is 0 Å². The molecule has 1 rings (SSSR count). The highest BCUT2D eigenvalue weighted by Gasteiger charge is 2.25. The molecule has 1 unspecified atom stereocenters. The van der Waals surface area contributed by atoms with Gasteiger partial charge < -0.3 is 10.0 Å². The van der Waals surface area contributed by atoms with Crippen LogP contribution in [0.25, 0.3) is 0 Å². The van der Waals surface area contributed by atoms with Crippen molar-refractivity contribution in [3.05, 3.63) is 35.9 Å². The Kier molecular flexibility index (Phi) is 6.92. The van der Waals surface area contributed by atoms with E-state index in [1.54, 1.807) is 11.8 Å². The van der Waals surface area contributed by atoms with Gasteiger partial charge in [0.2, 0.25) is 5.91 Å². The monoisotopic (exact) mass is 291 g/mol. The van der Waals surface area contributed by atoms with E-state index < -0.39 is 11.9 Å². The van der Waals surface area contributed by atoms with E-state index in [2.05, 4.69) is 0 Å². The molecule has 4 heteroatoms. The molecular weight excluding hydrogens is 266 g/mol. The highest BCUT2D eigenvalue weighted by atomic mass is 16.4. The second-order valence-electron chi connectivity index (χ2n) is 5.46. The van der Waals surface area contributed by atoms with E-state index in [1.807, 2.05) is 44.2 Å². The molecule has 1 aromatic rings. The van der Waals surface area contributed by atoms with Gasteiger partial charge in [-0.25, -0.2) is 0 Å².